The van der Waals surface area contributed by atoms with E-state index >= 15 is 0 Å². The Morgan fingerprint density at radius 2 is 2.17 bits per heavy atom. The predicted molar refractivity (Wildman–Crippen MR) is 99.4 cm³/mol. The van der Waals surface area contributed by atoms with Gasteiger partial charge in [-0.2, -0.15) is 0 Å². The van der Waals surface area contributed by atoms with Gasteiger partial charge in [0.05, 0.1) is 17.9 Å². The second-order valence-corrected chi connectivity index (χ2v) is 7.91. The molecule has 0 bridgehead atoms. The average molecular weight is 430 g/mol. The summed E-state index contributed by atoms with van der Waals surface area (Å²) in [6.45, 7) is -0.248. The van der Waals surface area contributed by atoms with Crippen molar-refractivity contribution in [2.24, 2.45) is 0 Å². The zero-order chi connectivity index (χ0) is 17.3. The van der Waals surface area contributed by atoms with Crippen molar-refractivity contribution in [2.75, 3.05) is 6.26 Å². The van der Waals surface area contributed by atoms with Gasteiger partial charge in [0.15, 0.2) is 5.16 Å². The van der Waals surface area contributed by atoms with E-state index in [0.29, 0.717) is 29.3 Å². The van der Waals surface area contributed by atoms with Crippen LogP contribution >= 0.6 is 39.3 Å². The van der Waals surface area contributed by atoms with Crippen molar-refractivity contribution in [1.82, 2.24) is 9.97 Å². The van der Waals surface area contributed by atoms with Crippen molar-refractivity contribution in [2.45, 2.75) is 43.0 Å². The smallest absolute Gasteiger partial charge is 0.188 e. The molecule has 1 unspecified atom stereocenters. The first-order chi connectivity index (χ1) is 11.5. The van der Waals surface area contributed by atoms with Crippen LogP contribution < -0.4 is 0 Å². The minimum atomic E-state index is -1.04. The van der Waals surface area contributed by atoms with E-state index in [2.05, 4.69) is 32.0 Å². The summed E-state index contributed by atoms with van der Waals surface area (Å²) in [6, 6.07) is 5.99. The topological polar surface area (TPSA) is 66.2 Å². The van der Waals surface area contributed by atoms with Gasteiger partial charge in [-0.1, -0.05) is 51.4 Å². The van der Waals surface area contributed by atoms with E-state index in [0.717, 1.165) is 28.4 Å². The highest BCUT2D eigenvalue weighted by molar-refractivity contribution is 9.10. The van der Waals surface area contributed by atoms with Crippen LogP contribution in [0.5, 0.6) is 0 Å². The summed E-state index contributed by atoms with van der Waals surface area (Å²) < 4.78 is 0.901. The van der Waals surface area contributed by atoms with Crippen LogP contribution in [-0.4, -0.2) is 26.4 Å². The highest BCUT2D eigenvalue weighted by Gasteiger charge is 2.37. The van der Waals surface area contributed by atoms with Gasteiger partial charge in [-0.3, -0.25) is 0 Å². The van der Waals surface area contributed by atoms with Gasteiger partial charge in [0.2, 0.25) is 0 Å². The molecule has 1 atom stereocenters. The number of aliphatic hydroxyl groups is 2. The predicted octanol–water partition coefficient (Wildman–Crippen LogP) is 3.87. The monoisotopic (exact) mass is 428 g/mol. The Hall–Kier alpha value is -0.660. The minimum Gasteiger partial charge on any atom is -0.391 e. The SMILES string of the molecule is CSc1nc(Cl)c(CO)c(CC2(O)CCCc3cccc(Br)c32)n1. The Bertz CT molecular complexity index is 774. The molecular formula is C17H18BrClN2O2S. The molecule has 3 rings (SSSR count). The standard InChI is InChI=1S/C17H18BrClN2O2S/c1-24-16-20-13(11(9-22)15(19)21-16)8-17(23)7-3-5-10-4-2-6-12(18)14(10)17/h2,4,6,22-23H,3,5,7-9H2,1H3. The molecule has 0 aliphatic heterocycles. The summed E-state index contributed by atoms with van der Waals surface area (Å²) in [5.74, 6) is 0. The largest absolute Gasteiger partial charge is 0.391 e. The van der Waals surface area contributed by atoms with Crippen LogP contribution in [0, 0.1) is 0 Å². The van der Waals surface area contributed by atoms with Crippen LogP contribution in [0.2, 0.25) is 5.15 Å². The fourth-order valence-corrected chi connectivity index (χ4v) is 4.78. The first-order valence-electron chi connectivity index (χ1n) is 7.69. The van der Waals surface area contributed by atoms with E-state index in [1.54, 1.807) is 0 Å². The lowest BCUT2D eigenvalue weighted by Gasteiger charge is -2.35. The molecule has 7 heteroatoms. The van der Waals surface area contributed by atoms with Crippen molar-refractivity contribution >= 4 is 39.3 Å². The molecule has 0 saturated heterocycles. The van der Waals surface area contributed by atoms with E-state index in [-0.39, 0.29) is 11.8 Å². The number of fused-ring (bicyclic) bond motifs is 1. The zero-order valence-electron chi connectivity index (χ0n) is 13.2. The van der Waals surface area contributed by atoms with Crippen molar-refractivity contribution in [3.05, 3.63) is 50.2 Å². The van der Waals surface area contributed by atoms with Crippen LogP contribution in [0.15, 0.2) is 27.8 Å². The van der Waals surface area contributed by atoms with Crippen LogP contribution in [-0.2, 0) is 25.0 Å². The quantitative estimate of drug-likeness (QED) is 0.439. The fraction of sp³-hybridized carbons (Fsp3) is 0.412. The van der Waals surface area contributed by atoms with Crippen molar-refractivity contribution < 1.29 is 10.2 Å². The lowest BCUT2D eigenvalue weighted by atomic mass is 9.76. The number of halogens is 2. The number of aromatic nitrogens is 2. The second kappa shape index (κ2) is 7.30. The molecule has 0 amide bonds. The molecule has 1 aromatic heterocycles. The highest BCUT2D eigenvalue weighted by Crippen LogP contribution is 2.42. The molecule has 2 N–H and O–H groups in total. The van der Waals surface area contributed by atoms with Crippen LogP contribution in [0.1, 0.15) is 35.2 Å². The number of aliphatic hydroxyl groups excluding tert-OH is 1. The molecule has 1 heterocycles. The molecular weight excluding hydrogens is 412 g/mol. The summed E-state index contributed by atoms with van der Waals surface area (Å²) in [5, 5.41) is 21.9. The zero-order valence-corrected chi connectivity index (χ0v) is 16.4. The van der Waals surface area contributed by atoms with E-state index < -0.39 is 5.60 Å². The number of nitrogens with zero attached hydrogens (tertiary/aromatic N) is 2. The Balaban J connectivity index is 2.08. The summed E-state index contributed by atoms with van der Waals surface area (Å²) in [4.78, 5) is 8.66. The minimum absolute atomic E-state index is 0.248. The Morgan fingerprint density at radius 3 is 2.88 bits per heavy atom. The summed E-state index contributed by atoms with van der Waals surface area (Å²) >= 11 is 11.2. The number of benzene rings is 1. The van der Waals surface area contributed by atoms with E-state index in [1.807, 2.05) is 18.4 Å². The third-order valence-corrected chi connectivity index (χ3v) is 5.95. The van der Waals surface area contributed by atoms with E-state index in [9.17, 15) is 10.2 Å². The molecule has 4 nitrogen and oxygen atoms in total. The fourth-order valence-electron chi connectivity index (χ4n) is 3.32. The summed E-state index contributed by atoms with van der Waals surface area (Å²) in [6.07, 6.45) is 4.67. The number of rotatable bonds is 4. The molecule has 0 saturated carbocycles. The molecule has 1 aliphatic carbocycles. The maximum absolute atomic E-state index is 11.4. The van der Waals surface area contributed by atoms with Gasteiger partial charge in [-0.25, -0.2) is 9.97 Å². The molecule has 24 heavy (non-hydrogen) atoms. The maximum Gasteiger partial charge on any atom is 0.188 e. The highest BCUT2D eigenvalue weighted by atomic mass is 79.9. The number of aryl methyl sites for hydroxylation is 1. The number of hydrogen-bond acceptors (Lipinski definition) is 5. The molecule has 0 spiro atoms. The van der Waals surface area contributed by atoms with Crippen LogP contribution in [0.4, 0.5) is 0 Å². The molecule has 128 valence electrons. The van der Waals surface area contributed by atoms with Crippen molar-refractivity contribution in [1.29, 1.82) is 0 Å². The first kappa shape index (κ1) is 18.1. The van der Waals surface area contributed by atoms with Crippen LogP contribution in [0.3, 0.4) is 0 Å². The van der Waals surface area contributed by atoms with E-state index in [4.69, 9.17) is 11.6 Å². The van der Waals surface area contributed by atoms with Gasteiger partial charge < -0.3 is 10.2 Å². The molecule has 0 radical (unpaired) electrons. The van der Waals surface area contributed by atoms with Gasteiger partial charge in [-0.15, -0.1) is 0 Å². The third kappa shape index (κ3) is 3.35. The van der Waals surface area contributed by atoms with Gasteiger partial charge in [0.1, 0.15) is 5.15 Å². The molecule has 1 aromatic carbocycles. The number of thioether (sulfide) groups is 1. The first-order valence-corrected chi connectivity index (χ1v) is 10.1. The average Bonchev–Trinajstić information content (AvgIpc) is 2.54. The Labute approximate surface area is 158 Å². The normalized spacial score (nSPS) is 20.0. The lowest BCUT2D eigenvalue weighted by Crippen LogP contribution is -2.34. The van der Waals surface area contributed by atoms with Gasteiger partial charge >= 0.3 is 0 Å². The molecule has 0 fully saturated rings. The van der Waals surface area contributed by atoms with E-state index in [1.165, 1.54) is 11.8 Å². The lowest BCUT2D eigenvalue weighted by molar-refractivity contribution is 0.0168. The van der Waals surface area contributed by atoms with Gasteiger partial charge in [0, 0.05) is 22.0 Å². The molecule has 2 aromatic rings. The second-order valence-electron chi connectivity index (χ2n) is 5.92. The third-order valence-electron chi connectivity index (χ3n) is 4.42. The Kier molecular flexibility index (Phi) is 5.52. The molecule has 1 aliphatic rings. The van der Waals surface area contributed by atoms with Crippen molar-refractivity contribution in [3.63, 3.8) is 0 Å². The Morgan fingerprint density at radius 1 is 1.38 bits per heavy atom. The van der Waals surface area contributed by atoms with Gasteiger partial charge in [0.25, 0.3) is 0 Å². The maximum atomic E-state index is 11.4. The van der Waals surface area contributed by atoms with Crippen LogP contribution in [0.25, 0.3) is 0 Å². The summed E-state index contributed by atoms with van der Waals surface area (Å²) in [5.41, 5.74) is 2.12. The number of hydrogen-bond donors (Lipinski definition) is 2. The van der Waals surface area contributed by atoms with Gasteiger partial charge in [-0.05, 0) is 37.1 Å². The van der Waals surface area contributed by atoms with Crippen molar-refractivity contribution in [3.8, 4) is 0 Å². The summed E-state index contributed by atoms with van der Waals surface area (Å²) in [7, 11) is 0.